The minimum Gasteiger partial charge on any atom is -0.456 e. The number of furan rings is 1. The molecule has 0 saturated heterocycles. The van der Waals surface area contributed by atoms with Crippen LogP contribution in [-0.4, -0.2) is 4.98 Å². The Bertz CT molecular complexity index is 3460. The summed E-state index contributed by atoms with van der Waals surface area (Å²) in [6, 6.07) is 68.8. The molecular weight excluding hydrogens is 697 g/mol. The molecule has 0 fully saturated rings. The molecule has 0 atom stereocenters. The Morgan fingerprint density at radius 1 is 0.351 bits per heavy atom. The van der Waals surface area contributed by atoms with E-state index in [4.69, 9.17) is 13.8 Å². The Morgan fingerprint density at radius 2 is 0.912 bits per heavy atom. The highest BCUT2D eigenvalue weighted by atomic mass is 16.3. The summed E-state index contributed by atoms with van der Waals surface area (Å²) in [5, 5.41) is 11.6. The largest absolute Gasteiger partial charge is 0.456 e. The van der Waals surface area contributed by atoms with Crippen LogP contribution in [0.4, 0.5) is 17.1 Å². The maximum Gasteiger partial charge on any atom is 0.228 e. The fraction of sp³-hybridized carbons (Fsp3) is 0. The van der Waals surface area contributed by atoms with E-state index in [1.807, 2.05) is 24.3 Å². The highest BCUT2D eigenvalue weighted by Gasteiger charge is 2.23. The zero-order valence-electron chi connectivity index (χ0n) is 30.7. The van der Waals surface area contributed by atoms with Crippen LogP contribution in [0.2, 0.25) is 0 Å². The first-order valence-electron chi connectivity index (χ1n) is 19.3. The molecule has 12 rings (SSSR count). The molecule has 0 amide bonds. The molecular formula is C53H32N2O2. The first-order valence-corrected chi connectivity index (χ1v) is 19.3. The van der Waals surface area contributed by atoms with Gasteiger partial charge < -0.3 is 13.7 Å². The van der Waals surface area contributed by atoms with Crippen LogP contribution in [0.1, 0.15) is 0 Å². The number of oxazole rings is 1. The van der Waals surface area contributed by atoms with Crippen molar-refractivity contribution in [2.24, 2.45) is 0 Å². The molecule has 0 N–H and O–H groups in total. The molecule has 2 aromatic heterocycles. The van der Waals surface area contributed by atoms with Gasteiger partial charge in [0.25, 0.3) is 0 Å². The van der Waals surface area contributed by atoms with E-state index < -0.39 is 0 Å². The number of aromatic nitrogens is 1. The summed E-state index contributed by atoms with van der Waals surface area (Å²) in [5.74, 6) is 0.577. The van der Waals surface area contributed by atoms with Crippen molar-refractivity contribution in [2.75, 3.05) is 4.90 Å². The van der Waals surface area contributed by atoms with E-state index in [9.17, 15) is 0 Å². The molecule has 2 heterocycles. The van der Waals surface area contributed by atoms with Gasteiger partial charge in [0, 0.05) is 27.8 Å². The Balaban J connectivity index is 1.12. The first kappa shape index (κ1) is 31.6. The Hall–Kier alpha value is -7.69. The van der Waals surface area contributed by atoms with Crippen molar-refractivity contribution in [2.45, 2.75) is 0 Å². The highest BCUT2D eigenvalue weighted by molar-refractivity contribution is 6.26. The van der Waals surface area contributed by atoms with Gasteiger partial charge in [-0.05, 0) is 115 Å². The third-order valence-corrected chi connectivity index (χ3v) is 11.5. The molecule has 10 aromatic carbocycles. The van der Waals surface area contributed by atoms with Gasteiger partial charge in [-0.3, -0.25) is 0 Å². The van der Waals surface area contributed by atoms with Gasteiger partial charge in [-0.1, -0.05) is 133 Å². The molecule has 12 aromatic rings. The molecule has 0 spiro atoms. The summed E-state index contributed by atoms with van der Waals surface area (Å²) in [6.07, 6.45) is 0. The summed E-state index contributed by atoms with van der Waals surface area (Å²) >= 11 is 0. The zero-order valence-corrected chi connectivity index (χ0v) is 30.7. The van der Waals surface area contributed by atoms with Gasteiger partial charge in [0.2, 0.25) is 5.89 Å². The summed E-state index contributed by atoms with van der Waals surface area (Å²) < 4.78 is 13.2. The highest BCUT2D eigenvalue weighted by Crippen LogP contribution is 2.46. The lowest BCUT2D eigenvalue weighted by Gasteiger charge is -2.26. The maximum atomic E-state index is 6.67. The number of para-hydroxylation sites is 2. The fourth-order valence-electron chi connectivity index (χ4n) is 8.85. The monoisotopic (exact) mass is 728 g/mol. The normalized spacial score (nSPS) is 11.9. The van der Waals surface area contributed by atoms with E-state index in [-0.39, 0.29) is 0 Å². The predicted octanol–water partition coefficient (Wildman–Crippen LogP) is 15.1. The third-order valence-electron chi connectivity index (χ3n) is 11.5. The second kappa shape index (κ2) is 12.4. The van der Waals surface area contributed by atoms with Crippen LogP contribution in [0.15, 0.2) is 203 Å². The maximum absolute atomic E-state index is 6.67. The van der Waals surface area contributed by atoms with Gasteiger partial charge in [0.15, 0.2) is 5.58 Å². The predicted molar refractivity (Wildman–Crippen MR) is 237 cm³/mol. The van der Waals surface area contributed by atoms with Gasteiger partial charge in [-0.2, -0.15) is 0 Å². The van der Waals surface area contributed by atoms with E-state index in [0.717, 1.165) is 66.4 Å². The van der Waals surface area contributed by atoms with Gasteiger partial charge in [0.1, 0.15) is 16.7 Å². The molecule has 0 radical (unpaired) electrons. The van der Waals surface area contributed by atoms with E-state index in [2.05, 4.69) is 175 Å². The smallest absolute Gasteiger partial charge is 0.228 e. The molecule has 0 aliphatic carbocycles. The Morgan fingerprint density at radius 3 is 1.65 bits per heavy atom. The van der Waals surface area contributed by atoms with Gasteiger partial charge in [0.05, 0.1) is 5.56 Å². The van der Waals surface area contributed by atoms with E-state index >= 15 is 0 Å². The lowest BCUT2D eigenvalue weighted by molar-refractivity contribution is 0.621. The van der Waals surface area contributed by atoms with Gasteiger partial charge in [-0.15, -0.1) is 0 Å². The summed E-state index contributed by atoms with van der Waals surface area (Å²) in [4.78, 5) is 7.37. The second-order valence-electron chi connectivity index (χ2n) is 14.7. The number of fused-ring (bicyclic) bond motifs is 11. The number of benzene rings is 10. The number of nitrogens with zero attached hydrogens (tertiary/aromatic N) is 2. The van der Waals surface area contributed by atoms with Crippen LogP contribution >= 0.6 is 0 Å². The van der Waals surface area contributed by atoms with Crippen molar-refractivity contribution < 1.29 is 8.83 Å². The fourth-order valence-corrected chi connectivity index (χ4v) is 8.85. The second-order valence-corrected chi connectivity index (χ2v) is 14.7. The van der Waals surface area contributed by atoms with Crippen molar-refractivity contribution in [1.82, 2.24) is 4.98 Å². The first-order chi connectivity index (χ1) is 28.2. The minimum atomic E-state index is 0.577. The van der Waals surface area contributed by atoms with E-state index in [1.165, 1.54) is 43.4 Å². The number of rotatable bonds is 5. The molecule has 0 aliphatic rings. The van der Waals surface area contributed by atoms with Crippen molar-refractivity contribution in [1.29, 1.82) is 0 Å². The summed E-state index contributed by atoms with van der Waals surface area (Å²) in [5.41, 5.74) is 9.58. The van der Waals surface area contributed by atoms with Crippen molar-refractivity contribution in [3.05, 3.63) is 194 Å². The molecule has 4 heteroatoms. The van der Waals surface area contributed by atoms with Crippen LogP contribution in [0, 0.1) is 0 Å². The lowest BCUT2D eigenvalue weighted by Crippen LogP contribution is -2.10. The van der Waals surface area contributed by atoms with Crippen LogP contribution in [0.5, 0.6) is 0 Å². The van der Waals surface area contributed by atoms with Crippen molar-refractivity contribution in [3.8, 4) is 22.6 Å². The average molecular weight is 729 g/mol. The van der Waals surface area contributed by atoms with E-state index in [1.54, 1.807) is 0 Å². The molecule has 4 nitrogen and oxygen atoms in total. The van der Waals surface area contributed by atoms with Crippen molar-refractivity contribution >= 4 is 93.2 Å². The van der Waals surface area contributed by atoms with Crippen molar-refractivity contribution in [3.63, 3.8) is 0 Å². The minimum absolute atomic E-state index is 0.577. The Kier molecular flexibility index (Phi) is 6.89. The van der Waals surface area contributed by atoms with Crippen LogP contribution < -0.4 is 4.90 Å². The average Bonchev–Trinajstić information content (AvgIpc) is 3.87. The molecule has 57 heavy (non-hydrogen) atoms. The molecule has 0 unspecified atom stereocenters. The topological polar surface area (TPSA) is 42.4 Å². The third kappa shape index (κ3) is 4.98. The van der Waals surface area contributed by atoms with Gasteiger partial charge in [-0.25, -0.2) is 4.98 Å². The zero-order chi connectivity index (χ0) is 37.5. The molecule has 266 valence electrons. The van der Waals surface area contributed by atoms with Crippen LogP contribution in [0.25, 0.3) is 98.7 Å². The number of hydrogen-bond acceptors (Lipinski definition) is 4. The van der Waals surface area contributed by atoms with Crippen LogP contribution in [0.3, 0.4) is 0 Å². The standard InChI is InChI=1S/C53H32N2O2/c1-2-12-33(13-3-1)34-22-24-36(25-23-34)55(37-26-28-44-42-18-7-6-16-40(42)41-17-8-9-19-43(41)45(44)31-37)38-27-29-48-46(32-38)51-50(56-48)30-35-14-4-5-15-39(35)52(51)53-54-47-20-10-11-21-49(47)57-53/h1-32H. The van der Waals surface area contributed by atoms with Crippen LogP contribution in [-0.2, 0) is 0 Å². The Labute approximate surface area is 327 Å². The summed E-state index contributed by atoms with van der Waals surface area (Å²) in [6.45, 7) is 0. The SMILES string of the molecule is c1ccc(-c2ccc(N(c3ccc4c5ccccc5c5ccccc5c4c3)c3ccc4oc5cc6ccccc6c(-c6nc7ccccc7o6)c5c4c3)cc2)cc1. The lowest BCUT2D eigenvalue weighted by atomic mass is 9.94. The quantitative estimate of drug-likeness (QED) is 0.166. The molecule has 0 aliphatic heterocycles. The number of hydrogen-bond donors (Lipinski definition) is 0. The number of anilines is 3. The molecule has 0 saturated carbocycles. The molecule has 0 bridgehead atoms. The van der Waals surface area contributed by atoms with Gasteiger partial charge >= 0.3 is 0 Å². The van der Waals surface area contributed by atoms with E-state index in [0.29, 0.717) is 5.89 Å². The summed E-state index contributed by atoms with van der Waals surface area (Å²) in [7, 11) is 0.